The van der Waals surface area contributed by atoms with E-state index in [1.54, 1.807) is 7.11 Å². The van der Waals surface area contributed by atoms with Gasteiger partial charge in [0.05, 0.1) is 24.3 Å². The standard InChI is InChI=1S/C15H24BrNO4/c1-12-3-4-15(14(16)9-12)21-11-13(18)10-17-5-6-20-8-7-19-2/h3-4,9,13,17-18H,5-8,10-11H2,1-2H3. The molecule has 0 bridgehead atoms. The third kappa shape index (κ3) is 8.38. The van der Waals surface area contributed by atoms with Crippen LogP contribution in [0.1, 0.15) is 5.56 Å². The van der Waals surface area contributed by atoms with E-state index >= 15 is 0 Å². The molecule has 0 saturated heterocycles. The fourth-order valence-corrected chi connectivity index (χ4v) is 2.23. The van der Waals surface area contributed by atoms with Crippen LogP contribution in [0.25, 0.3) is 0 Å². The molecule has 0 aliphatic rings. The second kappa shape index (κ2) is 11.0. The average Bonchev–Trinajstić information content (AvgIpc) is 2.45. The van der Waals surface area contributed by atoms with E-state index in [-0.39, 0.29) is 6.61 Å². The quantitative estimate of drug-likeness (QED) is 0.588. The van der Waals surface area contributed by atoms with Crippen LogP contribution < -0.4 is 10.1 Å². The first-order valence-electron chi connectivity index (χ1n) is 6.98. The van der Waals surface area contributed by atoms with Crippen LogP contribution in [0.2, 0.25) is 0 Å². The van der Waals surface area contributed by atoms with Crippen LogP contribution in [0.4, 0.5) is 0 Å². The first kappa shape index (κ1) is 18.4. The summed E-state index contributed by atoms with van der Waals surface area (Å²) in [5.41, 5.74) is 1.16. The summed E-state index contributed by atoms with van der Waals surface area (Å²) in [6, 6.07) is 5.85. The predicted molar refractivity (Wildman–Crippen MR) is 85.9 cm³/mol. The molecule has 0 amide bonds. The molecule has 1 atom stereocenters. The van der Waals surface area contributed by atoms with Gasteiger partial charge < -0.3 is 24.6 Å². The lowest BCUT2D eigenvalue weighted by Gasteiger charge is -2.14. The molecule has 5 nitrogen and oxygen atoms in total. The van der Waals surface area contributed by atoms with Crippen molar-refractivity contribution < 1.29 is 19.3 Å². The summed E-state index contributed by atoms with van der Waals surface area (Å²) in [6.45, 7) is 5.21. The van der Waals surface area contributed by atoms with E-state index in [0.29, 0.717) is 32.9 Å². The fraction of sp³-hybridized carbons (Fsp3) is 0.600. The smallest absolute Gasteiger partial charge is 0.133 e. The number of hydrogen-bond acceptors (Lipinski definition) is 5. The minimum atomic E-state index is -0.558. The van der Waals surface area contributed by atoms with Crippen molar-refractivity contribution >= 4 is 15.9 Å². The number of methoxy groups -OCH3 is 1. The number of halogens is 1. The molecular formula is C15H24BrNO4. The Hall–Kier alpha value is -0.660. The highest BCUT2D eigenvalue weighted by atomic mass is 79.9. The molecule has 0 spiro atoms. The predicted octanol–water partition coefficient (Wildman–Crippen LogP) is 1.75. The molecule has 2 N–H and O–H groups in total. The number of nitrogens with one attached hydrogen (secondary N) is 1. The Morgan fingerprint density at radius 2 is 2.10 bits per heavy atom. The largest absolute Gasteiger partial charge is 0.490 e. The summed E-state index contributed by atoms with van der Waals surface area (Å²) in [6.07, 6.45) is -0.558. The summed E-state index contributed by atoms with van der Waals surface area (Å²) in [5.74, 6) is 0.738. The van der Waals surface area contributed by atoms with Gasteiger partial charge in [0.1, 0.15) is 18.5 Å². The van der Waals surface area contributed by atoms with Gasteiger partial charge in [-0.1, -0.05) is 6.07 Å². The van der Waals surface area contributed by atoms with E-state index in [1.807, 2.05) is 25.1 Å². The molecule has 1 unspecified atom stereocenters. The second-order valence-corrected chi connectivity index (χ2v) is 5.56. The van der Waals surface area contributed by atoms with E-state index < -0.39 is 6.10 Å². The minimum absolute atomic E-state index is 0.249. The third-order valence-corrected chi connectivity index (χ3v) is 3.37. The van der Waals surface area contributed by atoms with Gasteiger partial charge in [0, 0.05) is 20.2 Å². The van der Waals surface area contributed by atoms with Crippen molar-refractivity contribution in [3.05, 3.63) is 28.2 Å². The van der Waals surface area contributed by atoms with Crippen LogP contribution in [0.15, 0.2) is 22.7 Å². The van der Waals surface area contributed by atoms with Gasteiger partial charge in [-0.3, -0.25) is 0 Å². The van der Waals surface area contributed by atoms with E-state index in [2.05, 4.69) is 21.2 Å². The molecule has 1 rings (SSSR count). The van der Waals surface area contributed by atoms with E-state index in [0.717, 1.165) is 15.8 Å². The van der Waals surface area contributed by atoms with Gasteiger partial charge in [0.15, 0.2) is 0 Å². The molecule has 21 heavy (non-hydrogen) atoms. The summed E-state index contributed by atoms with van der Waals surface area (Å²) >= 11 is 3.44. The number of ether oxygens (including phenoxy) is 3. The highest BCUT2D eigenvalue weighted by molar-refractivity contribution is 9.10. The highest BCUT2D eigenvalue weighted by Gasteiger charge is 2.07. The first-order chi connectivity index (χ1) is 10.1. The van der Waals surface area contributed by atoms with Crippen molar-refractivity contribution in [1.29, 1.82) is 0 Å². The molecule has 0 aliphatic carbocycles. The van der Waals surface area contributed by atoms with Crippen molar-refractivity contribution in [2.75, 3.05) is 46.6 Å². The van der Waals surface area contributed by atoms with Gasteiger partial charge in [0.2, 0.25) is 0 Å². The van der Waals surface area contributed by atoms with E-state index in [4.69, 9.17) is 14.2 Å². The van der Waals surface area contributed by atoms with Crippen LogP contribution in [0.3, 0.4) is 0 Å². The molecule has 0 heterocycles. The van der Waals surface area contributed by atoms with Crippen molar-refractivity contribution in [2.45, 2.75) is 13.0 Å². The lowest BCUT2D eigenvalue weighted by molar-refractivity contribution is 0.0678. The number of aryl methyl sites for hydroxylation is 1. The van der Waals surface area contributed by atoms with Crippen molar-refractivity contribution in [1.82, 2.24) is 5.32 Å². The Morgan fingerprint density at radius 3 is 2.81 bits per heavy atom. The molecule has 1 aromatic rings. The van der Waals surface area contributed by atoms with Crippen LogP contribution in [0, 0.1) is 6.92 Å². The maximum atomic E-state index is 9.83. The molecular weight excluding hydrogens is 338 g/mol. The zero-order valence-corrected chi connectivity index (χ0v) is 14.2. The number of rotatable bonds is 11. The molecule has 0 saturated carbocycles. The average molecular weight is 362 g/mol. The second-order valence-electron chi connectivity index (χ2n) is 4.71. The molecule has 0 aromatic heterocycles. The van der Waals surface area contributed by atoms with Crippen molar-refractivity contribution in [3.8, 4) is 5.75 Å². The Kier molecular flexibility index (Phi) is 9.62. The number of benzene rings is 1. The van der Waals surface area contributed by atoms with Crippen LogP contribution in [-0.4, -0.2) is 57.8 Å². The first-order valence-corrected chi connectivity index (χ1v) is 7.77. The summed E-state index contributed by atoms with van der Waals surface area (Å²) in [5, 5.41) is 12.9. The lowest BCUT2D eigenvalue weighted by atomic mass is 10.2. The third-order valence-electron chi connectivity index (χ3n) is 2.75. The molecule has 0 aliphatic heterocycles. The van der Waals surface area contributed by atoms with Gasteiger partial charge in [-0.05, 0) is 40.5 Å². The number of aliphatic hydroxyl groups excluding tert-OH is 1. The van der Waals surface area contributed by atoms with Gasteiger partial charge >= 0.3 is 0 Å². The zero-order valence-electron chi connectivity index (χ0n) is 12.6. The Labute approximate surface area is 134 Å². The van der Waals surface area contributed by atoms with Gasteiger partial charge in [-0.25, -0.2) is 0 Å². The van der Waals surface area contributed by atoms with Crippen molar-refractivity contribution in [3.63, 3.8) is 0 Å². The Bertz CT molecular complexity index is 403. The molecule has 0 fully saturated rings. The molecule has 120 valence electrons. The monoisotopic (exact) mass is 361 g/mol. The zero-order chi connectivity index (χ0) is 15.5. The number of aliphatic hydroxyl groups is 1. The topological polar surface area (TPSA) is 60.0 Å². The Morgan fingerprint density at radius 1 is 1.29 bits per heavy atom. The summed E-state index contributed by atoms with van der Waals surface area (Å²) in [7, 11) is 1.64. The Balaban J connectivity index is 2.09. The minimum Gasteiger partial charge on any atom is -0.490 e. The maximum Gasteiger partial charge on any atom is 0.133 e. The van der Waals surface area contributed by atoms with Crippen molar-refractivity contribution in [2.24, 2.45) is 0 Å². The van der Waals surface area contributed by atoms with Crippen LogP contribution in [-0.2, 0) is 9.47 Å². The molecule has 1 aromatic carbocycles. The molecule has 6 heteroatoms. The van der Waals surface area contributed by atoms with Gasteiger partial charge in [-0.2, -0.15) is 0 Å². The van der Waals surface area contributed by atoms with Gasteiger partial charge in [-0.15, -0.1) is 0 Å². The van der Waals surface area contributed by atoms with E-state index in [9.17, 15) is 5.11 Å². The van der Waals surface area contributed by atoms with Crippen LogP contribution >= 0.6 is 15.9 Å². The van der Waals surface area contributed by atoms with E-state index in [1.165, 1.54) is 0 Å². The van der Waals surface area contributed by atoms with Gasteiger partial charge in [0.25, 0.3) is 0 Å². The molecule has 0 radical (unpaired) electrons. The summed E-state index contributed by atoms with van der Waals surface area (Å²) < 4.78 is 16.7. The normalized spacial score (nSPS) is 12.4. The fourth-order valence-electron chi connectivity index (χ4n) is 1.63. The maximum absolute atomic E-state index is 9.83. The van der Waals surface area contributed by atoms with Crippen LogP contribution in [0.5, 0.6) is 5.75 Å². The SMILES string of the molecule is COCCOCCNCC(O)COc1ccc(C)cc1Br. The number of hydrogen-bond donors (Lipinski definition) is 2. The highest BCUT2D eigenvalue weighted by Crippen LogP contribution is 2.25. The summed E-state index contributed by atoms with van der Waals surface area (Å²) in [4.78, 5) is 0. The lowest BCUT2D eigenvalue weighted by Crippen LogP contribution is -2.33.